The highest BCUT2D eigenvalue weighted by atomic mass is 79.9. The van der Waals surface area contributed by atoms with Gasteiger partial charge in [-0.15, -0.1) is 11.8 Å². The van der Waals surface area contributed by atoms with E-state index >= 15 is 0 Å². The zero-order valence-corrected chi connectivity index (χ0v) is 14.7. The number of anilines is 1. The van der Waals surface area contributed by atoms with Crippen LogP contribution in [0.4, 0.5) is 5.69 Å². The monoisotopic (exact) mass is 405 g/mol. The molecule has 7 heteroatoms. The highest BCUT2D eigenvalue weighted by Crippen LogP contribution is 2.42. The smallest absolute Gasteiger partial charge is 0.211 e. The molecule has 0 radical (unpaired) electrons. The van der Waals surface area contributed by atoms with Crippen LogP contribution in [0.3, 0.4) is 0 Å². The number of phenols is 1. The van der Waals surface area contributed by atoms with Gasteiger partial charge in [0.05, 0.1) is 16.8 Å². The van der Waals surface area contributed by atoms with E-state index in [4.69, 9.17) is 0 Å². The number of carbonyl (C=O) groups excluding carboxylic acids is 3. The van der Waals surface area contributed by atoms with Gasteiger partial charge in [-0.05, 0) is 6.07 Å². The zero-order valence-electron chi connectivity index (χ0n) is 12.3. The van der Waals surface area contributed by atoms with Gasteiger partial charge in [-0.1, -0.05) is 40.2 Å². The summed E-state index contributed by atoms with van der Waals surface area (Å²) in [6.45, 7) is 0. The van der Waals surface area contributed by atoms with Gasteiger partial charge in [-0.25, -0.2) is 0 Å². The number of rotatable bonds is 5. The molecule has 0 aliphatic heterocycles. The number of alkyl halides is 1. The number of ketones is 2. The Kier molecular flexibility index (Phi) is 4.73. The molecule has 122 valence electrons. The fourth-order valence-electron chi connectivity index (χ4n) is 2.71. The second kappa shape index (κ2) is 6.78. The summed E-state index contributed by atoms with van der Waals surface area (Å²) in [5.41, 5.74) is 0.764. The van der Waals surface area contributed by atoms with Gasteiger partial charge in [0.1, 0.15) is 5.75 Å². The zero-order chi connectivity index (χ0) is 17.3. The van der Waals surface area contributed by atoms with Crippen molar-refractivity contribution in [1.29, 1.82) is 0 Å². The summed E-state index contributed by atoms with van der Waals surface area (Å²) in [6.07, 6.45) is 0.461. The second-order valence-electron chi connectivity index (χ2n) is 5.02. The Labute approximate surface area is 150 Å². The van der Waals surface area contributed by atoms with Crippen LogP contribution in [-0.4, -0.2) is 34.2 Å². The summed E-state index contributed by atoms with van der Waals surface area (Å²) in [6, 6.07) is 7.87. The van der Waals surface area contributed by atoms with E-state index in [1.165, 1.54) is 17.8 Å². The van der Waals surface area contributed by atoms with E-state index in [1.54, 1.807) is 24.3 Å². The Bertz CT molecular complexity index is 866. The van der Waals surface area contributed by atoms with Crippen molar-refractivity contribution in [3.8, 4) is 5.75 Å². The first-order valence-electron chi connectivity index (χ1n) is 7.07. The number of phenolic OH excluding ortho intramolecular Hbond substituents is 1. The highest BCUT2D eigenvalue weighted by molar-refractivity contribution is 9.09. The lowest BCUT2D eigenvalue weighted by Crippen LogP contribution is -2.23. The van der Waals surface area contributed by atoms with Crippen LogP contribution < -0.4 is 5.32 Å². The molecule has 2 N–H and O–H groups in total. The Hall–Kier alpha value is -2.12. The molecule has 0 bridgehead atoms. The number of aromatic hydroxyl groups is 1. The predicted octanol–water partition coefficient (Wildman–Crippen LogP) is 3.22. The van der Waals surface area contributed by atoms with Crippen molar-refractivity contribution in [3.63, 3.8) is 0 Å². The van der Waals surface area contributed by atoms with E-state index in [0.717, 1.165) is 0 Å². The minimum absolute atomic E-state index is 0.0443. The standard InChI is InChI=1S/C17H12BrNO4S/c18-5-6-24-12-7-11(21)13-14(15(12)19-8-20)17(23)10-4-2-1-3-9(10)16(13)22/h1-4,7-8,21H,5-6H2,(H,19,20). The van der Waals surface area contributed by atoms with Crippen LogP contribution in [0, 0.1) is 0 Å². The quantitative estimate of drug-likeness (QED) is 0.294. The first kappa shape index (κ1) is 16.7. The molecule has 0 spiro atoms. The lowest BCUT2D eigenvalue weighted by molar-refractivity contribution is -0.105. The lowest BCUT2D eigenvalue weighted by atomic mass is 9.82. The van der Waals surface area contributed by atoms with E-state index in [1.807, 2.05) is 0 Å². The number of benzene rings is 2. The third-order valence-electron chi connectivity index (χ3n) is 3.68. The van der Waals surface area contributed by atoms with E-state index < -0.39 is 5.78 Å². The Balaban J connectivity index is 2.28. The van der Waals surface area contributed by atoms with E-state index in [2.05, 4.69) is 21.2 Å². The summed E-state index contributed by atoms with van der Waals surface area (Å²) >= 11 is 4.68. The molecule has 24 heavy (non-hydrogen) atoms. The van der Waals surface area contributed by atoms with Gasteiger partial charge in [-0.2, -0.15) is 0 Å². The van der Waals surface area contributed by atoms with Crippen molar-refractivity contribution < 1.29 is 19.5 Å². The SMILES string of the molecule is O=CNc1c(SCCBr)cc(O)c2c1C(=O)c1ccccc1C2=O. The fraction of sp³-hybridized carbons (Fsp3) is 0.118. The average molecular weight is 406 g/mol. The average Bonchev–Trinajstić information content (AvgIpc) is 2.59. The third kappa shape index (κ3) is 2.63. The molecule has 3 rings (SSSR count). The minimum Gasteiger partial charge on any atom is -0.507 e. The number of hydrogen-bond acceptors (Lipinski definition) is 5. The first-order valence-corrected chi connectivity index (χ1v) is 9.18. The van der Waals surface area contributed by atoms with E-state index in [9.17, 15) is 19.5 Å². The molecule has 0 aromatic heterocycles. The highest BCUT2D eigenvalue weighted by Gasteiger charge is 2.35. The number of hydrogen-bond donors (Lipinski definition) is 2. The van der Waals surface area contributed by atoms with Gasteiger partial charge in [0, 0.05) is 27.1 Å². The number of amides is 1. The van der Waals surface area contributed by atoms with Crippen LogP contribution in [0.2, 0.25) is 0 Å². The number of fused-ring (bicyclic) bond motifs is 2. The summed E-state index contributed by atoms with van der Waals surface area (Å²) < 4.78 is 0. The number of thioether (sulfide) groups is 1. The molecule has 0 atom stereocenters. The number of nitrogens with one attached hydrogen (secondary N) is 1. The maximum absolute atomic E-state index is 12.9. The second-order valence-corrected chi connectivity index (χ2v) is 6.95. The van der Waals surface area contributed by atoms with Crippen molar-refractivity contribution in [3.05, 3.63) is 52.6 Å². The van der Waals surface area contributed by atoms with Gasteiger partial charge in [-0.3, -0.25) is 14.4 Å². The van der Waals surface area contributed by atoms with Gasteiger partial charge in [0.2, 0.25) is 6.41 Å². The van der Waals surface area contributed by atoms with Gasteiger partial charge < -0.3 is 10.4 Å². The van der Waals surface area contributed by atoms with Crippen LogP contribution in [0.1, 0.15) is 31.8 Å². The molecule has 0 heterocycles. The van der Waals surface area contributed by atoms with Gasteiger partial charge in [0.25, 0.3) is 0 Å². The van der Waals surface area contributed by atoms with Crippen LogP contribution in [0.25, 0.3) is 0 Å². The van der Waals surface area contributed by atoms with Crippen molar-refractivity contribution in [2.45, 2.75) is 4.90 Å². The largest absolute Gasteiger partial charge is 0.507 e. The molecule has 1 amide bonds. The molecular weight excluding hydrogens is 394 g/mol. The molecule has 1 aliphatic carbocycles. The van der Waals surface area contributed by atoms with Crippen LogP contribution in [0.15, 0.2) is 35.2 Å². The van der Waals surface area contributed by atoms with Crippen LogP contribution >= 0.6 is 27.7 Å². The maximum Gasteiger partial charge on any atom is 0.211 e. The molecule has 0 saturated heterocycles. The van der Waals surface area contributed by atoms with Gasteiger partial charge >= 0.3 is 0 Å². The summed E-state index contributed by atoms with van der Waals surface area (Å²) in [7, 11) is 0. The van der Waals surface area contributed by atoms with Crippen LogP contribution in [0.5, 0.6) is 5.75 Å². The fourth-order valence-corrected chi connectivity index (χ4v) is 4.00. The lowest BCUT2D eigenvalue weighted by Gasteiger charge is -2.22. The van der Waals surface area contributed by atoms with E-state index in [-0.39, 0.29) is 39.5 Å². The van der Waals surface area contributed by atoms with Gasteiger partial charge in [0.15, 0.2) is 11.6 Å². The van der Waals surface area contributed by atoms with Crippen LogP contribution in [-0.2, 0) is 4.79 Å². The Morgan fingerprint density at radius 2 is 1.75 bits per heavy atom. The Morgan fingerprint density at radius 3 is 2.33 bits per heavy atom. The number of carbonyl (C=O) groups is 3. The van der Waals surface area contributed by atoms with Crippen molar-refractivity contribution >= 4 is 51.4 Å². The maximum atomic E-state index is 12.9. The topological polar surface area (TPSA) is 83.5 Å². The summed E-state index contributed by atoms with van der Waals surface area (Å²) in [4.78, 5) is 37.2. The predicted molar refractivity (Wildman–Crippen MR) is 95.6 cm³/mol. The molecule has 1 aliphatic rings. The molecule has 0 fully saturated rings. The minimum atomic E-state index is -0.427. The summed E-state index contributed by atoms with van der Waals surface area (Å²) in [5.74, 6) is -0.402. The molecular formula is C17H12BrNO4S. The van der Waals surface area contributed by atoms with Crippen molar-refractivity contribution in [2.75, 3.05) is 16.4 Å². The van der Waals surface area contributed by atoms with Crippen molar-refractivity contribution in [1.82, 2.24) is 0 Å². The third-order valence-corrected chi connectivity index (χ3v) is 5.64. The molecule has 5 nitrogen and oxygen atoms in total. The van der Waals surface area contributed by atoms with E-state index in [0.29, 0.717) is 22.4 Å². The molecule has 0 saturated carbocycles. The molecule has 2 aromatic carbocycles. The molecule has 2 aromatic rings. The molecule has 0 unspecified atom stereocenters. The van der Waals surface area contributed by atoms with Crippen molar-refractivity contribution in [2.24, 2.45) is 0 Å². The number of halogens is 1. The normalized spacial score (nSPS) is 12.5. The Morgan fingerprint density at radius 1 is 1.12 bits per heavy atom. The summed E-state index contributed by atoms with van der Waals surface area (Å²) in [5, 5.41) is 13.6. The first-order chi connectivity index (χ1) is 11.6.